The Bertz CT molecular complexity index is 1450. The normalized spacial score (nSPS) is 12.0. The van der Waals surface area contributed by atoms with E-state index in [1.807, 2.05) is 22.8 Å². The molecule has 3 aromatic carbocycles. The third kappa shape index (κ3) is 6.02. The van der Waals surface area contributed by atoms with Gasteiger partial charge in [-0.3, -0.25) is 9.59 Å². The molecule has 5 nitrogen and oxygen atoms in total. The first-order valence-corrected chi connectivity index (χ1v) is 11.8. The second-order valence-corrected chi connectivity index (χ2v) is 10.0. The minimum Gasteiger partial charge on any atom is -0.332 e. The van der Waals surface area contributed by atoms with Crippen molar-refractivity contribution in [1.82, 2.24) is 4.57 Å². The van der Waals surface area contributed by atoms with Gasteiger partial charge in [0.05, 0.1) is 5.56 Å². The third-order valence-electron chi connectivity index (χ3n) is 6.09. The molecule has 8 heteroatoms. The highest BCUT2D eigenvalue weighted by Gasteiger charge is 2.30. The summed E-state index contributed by atoms with van der Waals surface area (Å²) < 4.78 is 40.6. The number of hydrogen-bond acceptors (Lipinski definition) is 2. The lowest BCUT2D eigenvalue weighted by molar-refractivity contribution is -0.137. The average Bonchev–Trinajstić information content (AvgIpc) is 3.16. The monoisotopic (exact) mass is 507 g/mol. The van der Waals surface area contributed by atoms with Gasteiger partial charge in [0, 0.05) is 35.7 Å². The van der Waals surface area contributed by atoms with E-state index in [1.165, 1.54) is 24.6 Å². The van der Waals surface area contributed by atoms with Gasteiger partial charge in [0.2, 0.25) is 5.91 Å². The molecule has 0 unspecified atom stereocenters. The smallest absolute Gasteiger partial charge is 0.332 e. The zero-order chi connectivity index (χ0) is 27.0. The minimum atomic E-state index is -4.46. The molecule has 0 aliphatic carbocycles. The molecule has 0 saturated carbocycles. The van der Waals surface area contributed by atoms with Crippen molar-refractivity contribution in [2.45, 2.75) is 45.8 Å². The highest BCUT2D eigenvalue weighted by Crippen LogP contribution is 2.31. The van der Waals surface area contributed by atoms with Crippen LogP contribution in [0.1, 0.15) is 54.9 Å². The van der Waals surface area contributed by atoms with Crippen molar-refractivity contribution >= 4 is 34.1 Å². The molecule has 0 atom stereocenters. The second kappa shape index (κ2) is 9.76. The zero-order valence-corrected chi connectivity index (χ0v) is 21.0. The molecule has 4 rings (SSSR count). The van der Waals surface area contributed by atoms with Gasteiger partial charge in [-0.2, -0.15) is 13.2 Å². The summed E-state index contributed by atoms with van der Waals surface area (Å²) in [6, 6.07) is 19.6. The maximum atomic E-state index is 13.3. The van der Waals surface area contributed by atoms with E-state index in [4.69, 9.17) is 0 Å². The molecular formula is C29H28F3N3O2. The van der Waals surface area contributed by atoms with Crippen LogP contribution in [0.15, 0.2) is 72.8 Å². The Morgan fingerprint density at radius 3 is 1.95 bits per heavy atom. The molecule has 2 amide bonds. The van der Waals surface area contributed by atoms with Gasteiger partial charge in [-0.25, -0.2) is 0 Å². The molecule has 1 heterocycles. The molecule has 1 aromatic heterocycles. The van der Waals surface area contributed by atoms with Gasteiger partial charge in [-0.1, -0.05) is 45.0 Å². The van der Waals surface area contributed by atoms with E-state index >= 15 is 0 Å². The van der Waals surface area contributed by atoms with Crippen molar-refractivity contribution < 1.29 is 22.8 Å². The molecule has 0 bridgehead atoms. The van der Waals surface area contributed by atoms with Crippen molar-refractivity contribution in [3.8, 4) is 0 Å². The van der Waals surface area contributed by atoms with Gasteiger partial charge in [0.15, 0.2) is 0 Å². The first-order chi connectivity index (χ1) is 17.3. The Morgan fingerprint density at radius 2 is 1.38 bits per heavy atom. The van der Waals surface area contributed by atoms with Gasteiger partial charge in [0.1, 0.15) is 5.69 Å². The lowest BCUT2D eigenvalue weighted by Crippen LogP contribution is -2.18. The van der Waals surface area contributed by atoms with Gasteiger partial charge >= 0.3 is 6.18 Å². The van der Waals surface area contributed by atoms with Crippen LogP contribution in [0.3, 0.4) is 0 Å². The van der Waals surface area contributed by atoms with E-state index in [2.05, 4.69) is 43.5 Å². The predicted molar refractivity (Wildman–Crippen MR) is 140 cm³/mol. The summed E-state index contributed by atoms with van der Waals surface area (Å²) in [6.45, 7) is 8.23. The molecule has 2 N–H and O–H groups in total. The number of nitrogens with one attached hydrogen (secondary N) is 2. The maximum Gasteiger partial charge on any atom is 0.416 e. The fourth-order valence-corrected chi connectivity index (χ4v) is 4.14. The second-order valence-electron chi connectivity index (χ2n) is 10.0. The third-order valence-corrected chi connectivity index (χ3v) is 6.09. The summed E-state index contributed by atoms with van der Waals surface area (Å²) in [4.78, 5) is 24.8. The van der Waals surface area contributed by atoms with Gasteiger partial charge in [-0.05, 0) is 65.1 Å². The van der Waals surface area contributed by atoms with E-state index in [9.17, 15) is 22.8 Å². The average molecular weight is 508 g/mol. The predicted octanol–water partition coefficient (Wildman–Crippen LogP) is 7.22. The topological polar surface area (TPSA) is 63.1 Å². The minimum absolute atomic E-state index is 0.00546. The van der Waals surface area contributed by atoms with Crippen LogP contribution >= 0.6 is 0 Å². The van der Waals surface area contributed by atoms with Gasteiger partial charge in [-0.15, -0.1) is 0 Å². The van der Waals surface area contributed by atoms with Crippen LogP contribution < -0.4 is 10.6 Å². The molecule has 0 spiro atoms. The highest BCUT2D eigenvalue weighted by atomic mass is 19.4. The number of alkyl halides is 3. The Labute approximate surface area is 213 Å². The number of hydrogen-bond donors (Lipinski definition) is 2. The SMILES string of the molecule is CC(=O)Nc1ccc2c(c1)cc(C(=O)Nc1ccc(C(F)(F)F)cc1)n2Cc1ccc(C(C)(C)C)cc1. The van der Waals surface area contributed by atoms with Crippen LogP contribution in [0, 0.1) is 0 Å². The lowest BCUT2D eigenvalue weighted by atomic mass is 9.87. The number of amides is 2. The quantitative estimate of drug-likeness (QED) is 0.300. The molecular weight excluding hydrogens is 479 g/mol. The van der Waals surface area contributed by atoms with Crippen LogP contribution in [-0.2, 0) is 22.9 Å². The van der Waals surface area contributed by atoms with Crippen molar-refractivity contribution in [2.24, 2.45) is 0 Å². The lowest BCUT2D eigenvalue weighted by Gasteiger charge is -2.19. The zero-order valence-electron chi connectivity index (χ0n) is 21.0. The summed E-state index contributed by atoms with van der Waals surface area (Å²) in [5.41, 5.74) is 3.37. The summed E-state index contributed by atoms with van der Waals surface area (Å²) in [5, 5.41) is 6.19. The first kappa shape index (κ1) is 26.0. The number of benzene rings is 3. The molecule has 37 heavy (non-hydrogen) atoms. The summed E-state index contributed by atoms with van der Waals surface area (Å²) in [7, 11) is 0. The molecule has 0 radical (unpaired) electrons. The van der Waals surface area contributed by atoms with Crippen LogP contribution in [0.25, 0.3) is 10.9 Å². The number of carbonyl (C=O) groups excluding carboxylic acids is 2. The Morgan fingerprint density at radius 1 is 0.784 bits per heavy atom. The molecule has 0 saturated heterocycles. The molecule has 0 aliphatic rings. The van der Waals surface area contributed by atoms with Crippen LogP contribution in [-0.4, -0.2) is 16.4 Å². The number of carbonyl (C=O) groups is 2. The number of rotatable bonds is 5. The Balaban J connectivity index is 1.70. The van der Waals surface area contributed by atoms with E-state index in [0.29, 0.717) is 17.9 Å². The fourth-order valence-electron chi connectivity index (χ4n) is 4.14. The van der Waals surface area contributed by atoms with E-state index in [0.717, 1.165) is 28.6 Å². The van der Waals surface area contributed by atoms with E-state index < -0.39 is 17.6 Å². The standard InChI is InChI=1S/C29H28F3N3O2/c1-18(36)33-24-13-14-25-20(15-24)16-26(27(37)34-23-11-9-22(10-12-23)29(30,31)32)35(25)17-19-5-7-21(8-6-19)28(2,3)4/h5-16H,17H2,1-4H3,(H,33,36)(H,34,37). The number of halogens is 3. The number of fused-ring (bicyclic) bond motifs is 1. The molecule has 192 valence electrons. The Kier molecular flexibility index (Phi) is 6.86. The Hall–Kier alpha value is -4.07. The van der Waals surface area contributed by atoms with E-state index in [-0.39, 0.29) is 17.0 Å². The summed E-state index contributed by atoms with van der Waals surface area (Å²) >= 11 is 0. The fraction of sp³-hybridized carbons (Fsp3) is 0.241. The van der Waals surface area contributed by atoms with Crippen molar-refractivity contribution in [3.05, 3.63) is 95.2 Å². The molecule has 0 fully saturated rings. The van der Waals surface area contributed by atoms with Crippen molar-refractivity contribution in [2.75, 3.05) is 10.6 Å². The van der Waals surface area contributed by atoms with Crippen LogP contribution in [0.5, 0.6) is 0 Å². The number of nitrogens with zero attached hydrogens (tertiary/aromatic N) is 1. The van der Waals surface area contributed by atoms with E-state index in [1.54, 1.807) is 18.2 Å². The summed E-state index contributed by atoms with van der Waals surface area (Å²) in [5.74, 6) is -0.665. The largest absolute Gasteiger partial charge is 0.416 e. The highest BCUT2D eigenvalue weighted by molar-refractivity contribution is 6.07. The van der Waals surface area contributed by atoms with Crippen LogP contribution in [0.4, 0.5) is 24.5 Å². The van der Waals surface area contributed by atoms with Gasteiger partial charge < -0.3 is 15.2 Å². The van der Waals surface area contributed by atoms with Crippen molar-refractivity contribution in [3.63, 3.8) is 0 Å². The molecule has 0 aliphatic heterocycles. The number of anilines is 2. The number of aromatic nitrogens is 1. The maximum absolute atomic E-state index is 13.3. The van der Waals surface area contributed by atoms with Gasteiger partial charge in [0.25, 0.3) is 5.91 Å². The molecule has 4 aromatic rings. The van der Waals surface area contributed by atoms with Crippen LogP contribution in [0.2, 0.25) is 0 Å². The van der Waals surface area contributed by atoms with Crippen molar-refractivity contribution in [1.29, 1.82) is 0 Å². The first-order valence-electron chi connectivity index (χ1n) is 11.8. The summed E-state index contributed by atoms with van der Waals surface area (Å²) in [6.07, 6.45) is -4.46.